The van der Waals surface area contributed by atoms with Crippen LogP contribution in [0.25, 0.3) is 0 Å². The summed E-state index contributed by atoms with van der Waals surface area (Å²) in [7, 11) is 0. The number of halogens is 3. The van der Waals surface area contributed by atoms with Crippen LogP contribution in [0.1, 0.15) is 10.4 Å². The Hall–Kier alpha value is -1.37. The van der Waals surface area contributed by atoms with Crippen molar-refractivity contribution in [3.8, 4) is 5.75 Å². The molecule has 0 atom stereocenters. The van der Waals surface area contributed by atoms with Gasteiger partial charge in [-0.25, -0.2) is 4.68 Å². The summed E-state index contributed by atoms with van der Waals surface area (Å²) < 4.78 is 6.93. The lowest BCUT2D eigenvalue weighted by atomic mass is 10.2. The molecule has 0 radical (unpaired) electrons. The van der Waals surface area contributed by atoms with E-state index in [1.165, 1.54) is 23.1 Å². The van der Waals surface area contributed by atoms with E-state index in [1.807, 2.05) is 0 Å². The number of rotatable bonds is 5. The van der Waals surface area contributed by atoms with Gasteiger partial charge in [-0.05, 0) is 34.2 Å². The maximum Gasteiger partial charge on any atom is 0.254 e. The fourth-order valence-electron chi connectivity index (χ4n) is 1.34. The second-order valence-corrected chi connectivity index (χ2v) is 4.56. The lowest BCUT2D eigenvalue weighted by molar-refractivity contribution is 0.108. The van der Waals surface area contributed by atoms with Gasteiger partial charge in [0.05, 0.1) is 22.2 Å². The van der Waals surface area contributed by atoms with E-state index in [0.717, 1.165) is 0 Å². The number of tetrazole rings is 1. The van der Waals surface area contributed by atoms with Crippen LogP contribution < -0.4 is 4.74 Å². The molecule has 0 saturated heterocycles. The largest absolute Gasteiger partial charge is 0.488 e. The van der Waals surface area contributed by atoms with Crippen LogP contribution >= 0.6 is 34.8 Å². The normalized spacial score (nSPS) is 10.5. The average Bonchev–Trinajstić information content (AvgIpc) is 2.86. The van der Waals surface area contributed by atoms with Crippen molar-refractivity contribution < 1.29 is 9.53 Å². The first-order valence-corrected chi connectivity index (χ1v) is 6.24. The first kappa shape index (κ1) is 14.0. The van der Waals surface area contributed by atoms with Gasteiger partial charge in [0.15, 0.2) is 5.75 Å². The zero-order valence-corrected chi connectivity index (χ0v) is 11.7. The smallest absolute Gasteiger partial charge is 0.254 e. The first-order chi connectivity index (χ1) is 9.09. The first-order valence-electron chi connectivity index (χ1n) is 5.11. The number of ether oxygens (including phenoxy) is 1. The van der Waals surface area contributed by atoms with Crippen LogP contribution in [0.2, 0.25) is 10.0 Å². The highest BCUT2D eigenvalue weighted by molar-refractivity contribution is 6.69. The summed E-state index contributed by atoms with van der Waals surface area (Å²) in [6, 6.07) is 2.93. The van der Waals surface area contributed by atoms with Crippen molar-refractivity contribution in [3.05, 3.63) is 34.1 Å². The summed E-state index contributed by atoms with van der Waals surface area (Å²) in [6.07, 6.45) is 1.45. The molecule has 0 saturated carbocycles. The van der Waals surface area contributed by atoms with Crippen LogP contribution in [-0.2, 0) is 6.54 Å². The summed E-state index contributed by atoms with van der Waals surface area (Å²) in [5.41, 5.74) is 0.144. The minimum atomic E-state index is -0.674. The molecule has 9 heteroatoms. The molecular formula is C10H7Cl3N4O2. The van der Waals surface area contributed by atoms with Crippen molar-refractivity contribution in [2.75, 3.05) is 6.61 Å². The Morgan fingerprint density at radius 2 is 2.16 bits per heavy atom. The minimum absolute atomic E-state index is 0.0872. The summed E-state index contributed by atoms with van der Waals surface area (Å²) in [6.45, 7) is 0.656. The Labute approximate surface area is 123 Å². The predicted octanol–water partition coefficient (Wildman–Crippen LogP) is 2.44. The van der Waals surface area contributed by atoms with Crippen molar-refractivity contribution in [3.63, 3.8) is 0 Å². The number of benzene rings is 1. The summed E-state index contributed by atoms with van der Waals surface area (Å²) in [4.78, 5) is 11.1. The number of hydrogen-bond acceptors (Lipinski definition) is 5. The maximum absolute atomic E-state index is 11.1. The molecule has 0 bridgehead atoms. The molecule has 19 heavy (non-hydrogen) atoms. The standard InChI is InChI=1S/C10H7Cl3N4O2/c11-7-2-1-6(10(13)18)8(12)9(7)19-4-3-17-5-14-15-16-17/h1-2,5H,3-4H2. The van der Waals surface area contributed by atoms with Gasteiger partial charge in [0.25, 0.3) is 5.24 Å². The molecule has 0 fully saturated rings. The van der Waals surface area contributed by atoms with Gasteiger partial charge >= 0.3 is 0 Å². The summed E-state index contributed by atoms with van der Waals surface area (Å²) >= 11 is 17.4. The van der Waals surface area contributed by atoms with E-state index in [2.05, 4.69) is 15.5 Å². The van der Waals surface area contributed by atoms with Gasteiger partial charge in [-0.3, -0.25) is 4.79 Å². The molecule has 1 aromatic heterocycles. The zero-order valence-electron chi connectivity index (χ0n) is 9.39. The number of carbonyl (C=O) groups excluding carboxylic acids is 1. The minimum Gasteiger partial charge on any atom is -0.488 e. The van der Waals surface area contributed by atoms with Gasteiger partial charge < -0.3 is 4.74 Å². The van der Waals surface area contributed by atoms with Gasteiger partial charge in [-0.15, -0.1) is 5.10 Å². The van der Waals surface area contributed by atoms with Gasteiger partial charge in [0.1, 0.15) is 12.9 Å². The van der Waals surface area contributed by atoms with Crippen molar-refractivity contribution in [1.29, 1.82) is 0 Å². The van der Waals surface area contributed by atoms with Crippen LogP contribution in [0.4, 0.5) is 0 Å². The van der Waals surface area contributed by atoms with Crippen LogP contribution in [0.15, 0.2) is 18.5 Å². The number of carbonyl (C=O) groups is 1. The van der Waals surface area contributed by atoms with Crippen molar-refractivity contribution in [1.82, 2.24) is 20.2 Å². The predicted molar refractivity (Wildman–Crippen MR) is 70.0 cm³/mol. The number of hydrogen-bond donors (Lipinski definition) is 0. The van der Waals surface area contributed by atoms with E-state index < -0.39 is 5.24 Å². The fraction of sp³-hybridized carbons (Fsp3) is 0.200. The van der Waals surface area contributed by atoms with Gasteiger partial charge in [0, 0.05) is 0 Å². The monoisotopic (exact) mass is 320 g/mol. The lowest BCUT2D eigenvalue weighted by Crippen LogP contribution is -2.09. The van der Waals surface area contributed by atoms with E-state index in [-0.39, 0.29) is 22.9 Å². The molecule has 6 nitrogen and oxygen atoms in total. The molecule has 0 amide bonds. The van der Waals surface area contributed by atoms with Crippen LogP contribution in [0.5, 0.6) is 5.75 Å². The molecule has 2 rings (SSSR count). The molecule has 1 heterocycles. The number of nitrogens with zero attached hydrogens (tertiary/aromatic N) is 4. The Morgan fingerprint density at radius 3 is 2.79 bits per heavy atom. The topological polar surface area (TPSA) is 69.9 Å². The maximum atomic E-state index is 11.1. The molecule has 0 N–H and O–H groups in total. The molecule has 100 valence electrons. The SMILES string of the molecule is O=C(Cl)c1ccc(Cl)c(OCCn2cnnn2)c1Cl. The molecule has 1 aromatic carbocycles. The second kappa shape index (κ2) is 6.18. The molecular weight excluding hydrogens is 314 g/mol. The third-order valence-electron chi connectivity index (χ3n) is 2.22. The Balaban J connectivity index is 2.11. The quantitative estimate of drug-likeness (QED) is 0.791. The van der Waals surface area contributed by atoms with E-state index in [4.69, 9.17) is 39.5 Å². The Kier molecular flexibility index (Phi) is 4.57. The van der Waals surface area contributed by atoms with Crippen molar-refractivity contribution in [2.45, 2.75) is 6.54 Å². The highest BCUT2D eigenvalue weighted by Gasteiger charge is 2.16. The summed E-state index contributed by atoms with van der Waals surface area (Å²) in [5, 5.41) is 10.3. The lowest BCUT2D eigenvalue weighted by Gasteiger charge is -2.11. The van der Waals surface area contributed by atoms with E-state index in [1.54, 1.807) is 0 Å². The van der Waals surface area contributed by atoms with Crippen LogP contribution in [0.3, 0.4) is 0 Å². The Morgan fingerprint density at radius 1 is 1.37 bits per heavy atom. The molecule has 2 aromatic rings. The van der Waals surface area contributed by atoms with Crippen molar-refractivity contribution in [2.24, 2.45) is 0 Å². The molecule has 0 aliphatic rings. The Bertz CT molecular complexity index is 589. The fourth-order valence-corrected chi connectivity index (χ4v) is 2.11. The third kappa shape index (κ3) is 3.34. The molecule has 0 spiro atoms. The van der Waals surface area contributed by atoms with E-state index in [9.17, 15) is 4.79 Å². The highest BCUT2D eigenvalue weighted by Crippen LogP contribution is 2.36. The highest BCUT2D eigenvalue weighted by atomic mass is 35.5. The number of aromatic nitrogens is 4. The molecule has 0 aliphatic carbocycles. The molecule has 0 aliphatic heterocycles. The second-order valence-electron chi connectivity index (χ2n) is 3.43. The van der Waals surface area contributed by atoms with E-state index in [0.29, 0.717) is 11.6 Å². The van der Waals surface area contributed by atoms with Crippen LogP contribution in [0, 0.1) is 0 Å². The average molecular weight is 322 g/mol. The third-order valence-corrected chi connectivity index (χ3v) is 3.10. The zero-order chi connectivity index (χ0) is 13.8. The van der Waals surface area contributed by atoms with E-state index >= 15 is 0 Å². The summed E-state index contributed by atoms with van der Waals surface area (Å²) in [5.74, 6) is 0.211. The van der Waals surface area contributed by atoms with Gasteiger partial charge in [0.2, 0.25) is 0 Å². The van der Waals surface area contributed by atoms with Crippen molar-refractivity contribution >= 4 is 40.0 Å². The van der Waals surface area contributed by atoms with Gasteiger partial charge in [-0.2, -0.15) is 0 Å². The van der Waals surface area contributed by atoms with Crippen LogP contribution in [-0.4, -0.2) is 32.1 Å². The van der Waals surface area contributed by atoms with Gasteiger partial charge in [-0.1, -0.05) is 23.2 Å². The molecule has 0 unspecified atom stereocenters.